The van der Waals surface area contributed by atoms with Crippen molar-refractivity contribution in [2.24, 2.45) is 0 Å². The molecule has 0 radical (unpaired) electrons. The lowest BCUT2D eigenvalue weighted by Crippen LogP contribution is -2.33. The van der Waals surface area contributed by atoms with Crippen molar-refractivity contribution >= 4 is 5.91 Å². The molecule has 1 amide bonds. The zero-order chi connectivity index (χ0) is 15.5. The number of aliphatic hydroxyl groups excluding tert-OH is 1. The first-order chi connectivity index (χ1) is 10.6. The van der Waals surface area contributed by atoms with E-state index in [4.69, 9.17) is 4.74 Å². The highest BCUT2D eigenvalue weighted by atomic mass is 19.1. The number of amides is 1. The summed E-state index contributed by atoms with van der Waals surface area (Å²) in [4.78, 5) is 13.7. The number of ether oxygens (including phenoxy) is 1. The van der Waals surface area contributed by atoms with E-state index in [2.05, 4.69) is 5.10 Å². The number of aromatic nitrogens is 2. The number of likely N-dealkylation sites (tertiary alicyclic amines) is 1. The molecule has 0 saturated carbocycles. The van der Waals surface area contributed by atoms with Gasteiger partial charge in [0, 0.05) is 18.5 Å². The number of carbonyl (C=O) groups is 1. The van der Waals surface area contributed by atoms with Crippen LogP contribution in [-0.4, -0.2) is 51.0 Å². The highest BCUT2D eigenvalue weighted by Gasteiger charge is 2.35. The van der Waals surface area contributed by atoms with Crippen LogP contribution in [0, 0.1) is 5.82 Å². The molecule has 0 aliphatic carbocycles. The van der Waals surface area contributed by atoms with E-state index < -0.39 is 18.0 Å². The van der Waals surface area contributed by atoms with Gasteiger partial charge in [-0.15, -0.1) is 0 Å². The standard InChI is InChI=1S/C15H16FN3O3/c16-11-3-1-4-12(7-11)22-14-9-18(8-13(14)20)15(21)10-19-6-2-5-17-19/h1-7,13-14,20H,8-10H2/t13-,14-/m1/s1. The topological polar surface area (TPSA) is 67.6 Å². The molecule has 1 aromatic carbocycles. The van der Waals surface area contributed by atoms with Gasteiger partial charge in [-0.05, 0) is 18.2 Å². The van der Waals surface area contributed by atoms with Crippen molar-refractivity contribution in [2.45, 2.75) is 18.8 Å². The Labute approximate surface area is 126 Å². The molecule has 1 aromatic heterocycles. The molecule has 1 aliphatic rings. The molecule has 2 aromatic rings. The van der Waals surface area contributed by atoms with Crippen LogP contribution in [0.1, 0.15) is 0 Å². The minimum atomic E-state index is -0.801. The number of β-amino-alcohol motifs (C(OH)–C–C–N with tert-alkyl or cyclic N) is 1. The third-order valence-corrected chi connectivity index (χ3v) is 3.53. The Hall–Kier alpha value is -2.41. The van der Waals surface area contributed by atoms with E-state index in [1.54, 1.807) is 24.5 Å². The summed E-state index contributed by atoms with van der Waals surface area (Å²) in [5.41, 5.74) is 0. The Bertz CT molecular complexity index is 647. The second-order valence-electron chi connectivity index (χ2n) is 5.18. The van der Waals surface area contributed by atoms with Gasteiger partial charge >= 0.3 is 0 Å². The number of benzene rings is 1. The lowest BCUT2D eigenvalue weighted by Gasteiger charge is -2.17. The third-order valence-electron chi connectivity index (χ3n) is 3.53. The first-order valence-corrected chi connectivity index (χ1v) is 6.97. The summed E-state index contributed by atoms with van der Waals surface area (Å²) in [5, 5.41) is 14.0. The van der Waals surface area contributed by atoms with Crippen molar-refractivity contribution in [3.05, 3.63) is 48.5 Å². The van der Waals surface area contributed by atoms with Crippen LogP contribution in [0.3, 0.4) is 0 Å². The van der Waals surface area contributed by atoms with E-state index in [-0.39, 0.29) is 25.5 Å². The molecule has 1 N–H and O–H groups in total. The average Bonchev–Trinajstić information content (AvgIpc) is 3.10. The number of rotatable bonds is 4. The smallest absolute Gasteiger partial charge is 0.244 e. The number of nitrogens with zero attached hydrogens (tertiary/aromatic N) is 3. The van der Waals surface area contributed by atoms with Gasteiger partial charge in [-0.3, -0.25) is 9.48 Å². The summed E-state index contributed by atoms with van der Waals surface area (Å²) in [6, 6.07) is 7.46. The van der Waals surface area contributed by atoms with Gasteiger partial charge in [-0.2, -0.15) is 5.10 Å². The average molecular weight is 305 g/mol. The van der Waals surface area contributed by atoms with E-state index >= 15 is 0 Å². The highest BCUT2D eigenvalue weighted by molar-refractivity contribution is 5.76. The van der Waals surface area contributed by atoms with Gasteiger partial charge in [0.1, 0.15) is 30.3 Å². The lowest BCUT2D eigenvalue weighted by molar-refractivity contribution is -0.131. The maximum Gasteiger partial charge on any atom is 0.244 e. The molecule has 116 valence electrons. The van der Waals surface area contributed by atoms with Gasteiger partial charge in [0.15, 0.2) is 0 Å². The molecule has 2 atom stereocenters. The Kier molecular flexibility index (Phi) is 4.06. The minimum Gasteiger partial charge on any atom is -0.486 e. The van der Waals surface area contributed by atoms with E-state index in [1.165, 1.54) is 27.8 Å². The van der Waals surface area contributed by atoms with Crippen LogP contribution in [0.5, 0.6) is 5.75 Å². The Morgan fingerprint density at radius 3 is 3.00 bits per heavy atom. The van der Waals surface area contributed by atoms with Crippen LogP contribution >= 0.6 is 0 Å². The summed E-state index contributed by atoms with van der Waals surface area (Å²) < 4.78 is 20.2. The first-order valence-electron chi connectivity index (χ1n) is 6.97. The van der Waals surface area contributed by atoms with Crippen LogP contribution in [0.2, 0.25) is 0 Å². The van der Waals surface area contributed by atoms with Crippen LogP contribution in [0.15, 0.2) is 42.7 Å². The predicted molar refractivity (Wildman–Crippen MR) is 75.6 cm³/mol. The maximum absolute atomic E-state index is 13.1. The zero-order valence-corrected chi connectivity index (χ0v) is 11.8. The zero-order valence-electron chi connectivity index (χ0n) is 11.8. The molecule has 7 heteroatoms. The first kappa shape index (κ1) is 14.5. The Balaban J connectivity index is 1.60. The molecule has 1 saturated heterocycles. The van der Waals surface area contributed by atoms with E-state index in [0.717, 1.165) is 0 Å². The normalized spacial score (nSPS) is 21.1. The van der Waals surface area contributed by atoms with Crippen molar-refractivity contribution in [1.29, 1.82) is 0 Å². The number of hydrogen-bond acceptors (Lipinski definition) is 4. The number of aliphatic hydroxyl groups is 1. The van der Waals surface area contributed by atoms with Gasteiger partial charge in [0.05, 0.1) is 13.1 Å². The van der Waals surface area contributed by atoms with Gasteiger partial charge in [0.2, 0.25) is 5.91 Å². The SMILES string of the molecule is O=C(Cn1cccn1)N1C[C@@H](O)[C@H](Oc2cccc(F)c2)C1. The molecule has 0 unspecified atom stereocenters. The fraction of sp³-hybridized carbons (Fsp3) is 0.333. The quantitative estimate of drug-likeness (QED) is 0.902. The number of carbonyl (C=O) groups excluding carboxylic acids is 1. The minimum absolute atomic E-state index is 0.117. The van der Waals surface area contributed by atoms with Crippen molar-refractivity contribution in [2.75, 3.05) is 13.1 Å². The van der Waals surface area contributed by atoms with E-state index in [9.17, 15) is 14.3 Å². The number of hydrogen-bond donors (Lipinski definition) is 1. The second-order valence-corrected chi connectivity index (χ2v) is 5.18. The van der Waals surface area contributed by atoms with Gasteiger partial charge in [-0.1, -0.05) is 6.07 Å². The lowest BCUT2D eigenvalue weighted by atomic mass is 10.2. The van der Waals surface area contributed by atoms with Crippen molar-refractivity contribution in [3.8, 4) is 5.75 Å². The van der Waals surface area contributed by atoms with Gasteiger partial charge in [0.25, 0.3) is 0 Å². The van der Waals surface area contributed by atoms with Crippen molar-refractivity contribution in [1.82, 2.24) is 14.7 Å². The Morgan fingerprint density at radius 2 is 2.27 bits per heavy atom. The summed E-state index contributed by atoms with van der Waals surface area (Å²) >= 11 is 0. The molecule has 3 rings (SSSR count). The highest BCUT2D eigenvalue weighted by Crippen LogP contribution is 2.20. The Morgan fingerprint density at radius 1 is 1.41 bits per heavy atom. The second kappa shape index (κ2) is 6.15. The summed E-state index contributed by atoms with van der Waals surface area (Å²) in [6.07, 6.45) is 1.93. The van der Waals surface area contributed by atoms with Gasteiger partial charge < -0.3 is 14.7 Å². The van der Waals surface area contributed by atoms with Crippen LogP contribution in [0.25, 0.3) is 0 Å². The summed E-state index contributed by atoms with van der Waals surface area (Å²) in [7, 11) is 0. The monoisotopic (exact) mass is 305 g/mol. The molecule has 1 fully saturated rings. The largest absolute Gasteiger partial charge is 0.486 e. The molecular formula is C15H16FN3O3. The van der Waals surface area contributed by atoms with Crippen LogP contribution in [0.4, 0.5) is 4.39 Å². The van der Waals surface area contributed by atoms with Crippen LogP contribution in [-0.2, 0) is 11.3 Å². The predicted octanol–water partition coefficient (Wildman–Crippen LogP) is 0.673. The maximum atomic E-state index is 13.1. The summed E-state index contributed by atoms with van der Waals surface area (Å²) in [5.74, 6) is -0.213. The fourth-order valence-corrected chi connectivity index (χ4v) is 2.42. The molecular weight excluding hydrogens is 289 g/mol. The molecule has 22 heavy (non-hydrogen) atoms. The van der Waals surface area contributed by atoms with Crippen molar-refractivity contribution < 1.29 is 19.0 Å². The molecule has 0 spiro atoms. The molecule has 1 aliphatic heterocycles. The van der Waals surface area contributed by atoms with E-state index in [0.29, 0.717) is 5.75 Å². The molecule has 0 bridgehead atoms. The third kappa shape index (κ3) is 3.25. The number of halogens is 1. The van der Waals surface area contributed by atoms with E-state index in [1.807, 2.05) is 0 Å². The van der Waals surface area contributed by atoms with Crippen LogP contribution < -0.4 is 4.74 Å². The van der Waals surface area contributed by atoms with Crippen molar-refractivity contribution in [3.63, 3.8) is 0 Å². The van der Waals surface area contributed by atoms with Gasteiger partial charge in [-0.25, -0.2) is 4.39 Å². The fourth-order valence-electron chi connectivity index (χ4n) is 2.42. The molecule has 2 heterocycles. The summed E-state index contributed by atoms with van der Waals surface area (Å²) in [6.45, 7) is 0.574. The molecule has 6 nitrogen and oxygen atoms in total.